The van der Waals surface area contributed by atoms with Crippen LogP contribution in [-0.2, 0) is 0 Å². The van der Waals surface area contributed by atoms with Crippen molar-refractivity contribution in [3.63, 3.8) is 0 Å². The first-order valence-electron chi connectivity index (χ1n) is 7.05. The van der Waals surface area contributed by atoms with Gasteiger partial charge in [-0.15, -0.1) is 0 Å². The van der Waals surface area contributed by atoms with Crippen molar-refractivity contribution in [1.29, 1.82) is 0 Å². The molecular weight excluding hydrogens is 198 g/mol. The number of aliphatic hydroxyl groups excluding tert-OH is 1. The summed E-state index contributed by atoms with van der Waals surface area (Å²) in [6.07, 6.45) is 7.44. The van der Waals surface area contributed by atoms with Gasteiger partial charge in [0, 0.05) is 12.6 Å². The molecule has 1 fully saturated rings. The highest BCUT2D eigenvalue weighted by atomic mass is 16.3. The number of hydrogen-bond acceptors (Lipinski definition) is 2. The van der Waals surface area contributed by atoms with Crippen molar-refractivity contribution < 1.29 is 5.11 Å². The molecule has 0 aromatic rings. The highest BCUT2D eigenvalue weighted by molar-refractivity contribution is 4.81. The maximum atomic E-state index is 9.85. The molecule has 2 heteroatoms. The third-order valence-electron chi connectivity index (χ3n) is 3.79. The van der Waals surface area contributed by atoms with Crippen molar-refractivity contribution in [2.75, 3.05) is 6.54 Å². The summed E-state index contributed by atoms with van der Waals surface area (Å²) >= 11 is 0. The standard InChI is InChI=1S/C14H29NO/c1-4-12-7-5-6-8-14(12)15-10-13(16)9-11(2)3/h11-16H,4-10H2,1-3H3. The summed E-state index contributed by atoms with van der Waals surface area (Å²) in [7, 11) is 0. The van der Waals surface area contributed by atoms with E-state index in [9.17, 15) is 5.11 Å². The van der Waals surface area contributed by atoms with Crippen LogP contribution in [-0.4, -0.2) is 23.8 Å². The molecule has 2 N–H and O–H groups in total. The lowest BCUT2D eigenvalue weighted by Crippen LogP contribution is -2.42. The maximum absolute atomic E-state index is 9.85. The minimum absolute atomic E-state index is 0.167. The summed E-state index contributed by atoms with van der Waals surface area (Å²) in [5, 5.41) is 13.4. The number of aliphatic hydroxyl groups is 1. The van der Waals surface area contributed by atoms with Gasteiger partial charge in [0.2, 0.25) is 0 Å². The van der Waals surface area contributed by atoms with Gasteiger partial charge in [-0.2, -0.15) is 0 Å². The molecule has 3 unspecified atom stereocenters. The van der Waals surface area contributed by atoms with Gasteiger partial charge in [0.1, 0.15) is 0 Å². The van der Waals surface area contributed by atoms with Crippen molar-refractivity contribution in [2.24, 2.45) is 11.8 Å². The summed E-state index contributed by atoms with van der Waals surface area (Å²) < 4.78 is 0. The molecule has 0 aromatic heterocycles. The zero-order valence-corrected chi connectivity index (χ0v) is 11.2. The van der Waals surface area contributed by atoms with E-state index < -0.39 is 0 Å². The van der Waals surface area contributed by atoms with E-state index >= 15 is 0 Å². The first-order valence-corrected chi connectivity index (χ1v) is 7.05. The molecule has 0 heterocycles. The van der Waals surface area contributed by atoms with Crippen LogP contribution in [0.4, 0.5) is 0 Å². The SMILES string of the molecule is CCC1CCCCC1NCC(O)CC(C)C. The van der Waals surface area contributed by atoms with Crippen LogP contribution >= 0.6 is 0 Å². The molecule has 0 aromatic carbocycles. The lowest BCUT2D eigenvalue weighted by molar-refractivity contribution is 0.131. The largest absolute Gasteiger partial charge is 0.392 e. The van der Waals surface area contributed by atoms with Crippen LogP contribution in [0, 0.1) is 11.8 Å². The van der Waals surface area contributed by atoms with Crippen LogP contribution in [0.2, 0.25) is 0 Å². The molecule has 0 spiro atoms. The van der Waals surface area contributed by atoms with Crippen LogP contribution in [0.1, 0.15) is 59.3 Å². The first kappa shape index (κ1) is 14.0. The molecule has 1 saturated carbocycles. The zero-order valence-electron chi connectivity index (χ0n) is 11.2. The molecule has 1 rings (SSSR count). The Labute approximate surface area is 101 Å². The van der Waals surface area contributed by atoms with Crippen molar-refractivity contribution in [3.8, 4) is 0 Å². The number of nitrogens with one attached hydrogen (secondary N) is 1. The molecule has 0 radical (unpaired) electrons. The molecule has 1 aliphatic rings. The summed E-state index contributed by atoms with van der Waals surface area (Å²) in [5.41, 5.74) is 0. The smallest absolute Gasteiger partial charge is 0.0667 e. The highest BCUT2D eigenvalue weighted by Gasteiger charge is 2.23. The first-order chi connectivity index (χ1) is 7.63. The van der Waals surface area contributed by atoms with Gasteiger partial charge >= 0.3 is 0 Å². The Hall–Kier alpha value is -0.0800. The Kier molecular flexibility index (Phi) is 6.37. The molecule has 0 saturated heterocycles. The summed E-state index contributed by atoms with van der Waals surface area (Å²) in [4.78, 5) is 0. The molecule has 0 amide bonds. The minimum atomic E-state index is -0.167. The number of rotatable bonds is 6. The summed E-state index contributed by atoms with van der Waals surface area (Å²) in [5.74, 6) is 1.42. The topological polar surface area (TPSA) is 32.3 Å². The summed E-state index contributed by atoms with van der Waals surface area (Å²) in [6, 6.07) is 0.653. The van der Waals surface area contributed by atoms with E-state index in [2.05, 4.69) is 26.1 Å². The van der Waals surface area contributed by atoms with Gasteiger partial charge in [0.05, 0.1) is 6.10 Å². The Morgan fingerprint density at radius 1 is 1.25 bits per heavy atom. The van der Waals surface area contributed by atoms with E-state index in [-0.39, 0.29) is 6.10 Å². The summed E-state index contributed by atoms with van der Waals surface area (Å²) in [6.45, 7) is 7.39. The Bertz CT molecular complexity index is 182. The average Bonchev–Trinajstić information content (AvgIpc) is 2.26. The third-order valence-corrected chi connectivity index (χ3v) is 3.79. The van der Waals surface area contributed by atoms with Gasteiger partial charge < -0.3 is 10.4 Å². The van der Waals surface area contributed by atoms with Crippen LogP contribution in [0.15, 0.2) is 0 Å². The normalized spacial score (nSPS) is 28.3. The van der Waals surface area contributed by atoms with Gasteiger partial charge in [0.15, 0.2) is 0 Å². The van der Waals surface area contributed by atoms with Gasteiger partial charge in [-0.05, 0) is 31.1 Å². The fraction of sp³-hybridized carbons (Fsp3) is 1.00. The van der Waals surface area contributed by atoms with Gasteiger partial charge in [0.25, 0.3) is 0 Å². The third kappa shape index (κ3) is 4.84. The Morgan fingerprint density at radius 2 is 1.94 bits per heavy atom. The molecule has 1 aliphatic carbocycles. The number of hydrogen-bond donors (Lipinski definition) is 2. The van der Waals surface area contributed by atoms with E-state index in [1.807, 2.05) is 0 Å². The molecule has 0 aliphatic heterocycles. The predicted molar refractivity (Wildman–Crippen MR) is 69.5 cm³/mol. The van der Waals surface area contributed by atoms with Gasteiger partial charge in [-0.1, -0.05) is 40.0 Å². The molecule has 96 valence electrons. The van der Waals surface area contributed by atoms with E-state index in [4.69, 9.17) is 0 Å². The Balaban J connectivity index is 2.24. The Morgan fingerprint density at radius 3 is 2.56 bits per heavy atom. The molecule has 0 bridgehead atoms. The molecular formula is C14H29NO. The van der Waals surface area contributed by atoms with E-state index in [0.717, 1.165) is 18.9 Å². The van der Waals surface area contributed by atoms with E-state index in [0.29, 0.717) is 12.0 Å². The molecule has 2 nitrogen and oxygen atoms in total. The van der Waals surface area contributed by atoms with Crippen LogP contribution < -0.4 is 5.32 Å². The zero-order chi connectivity index (χ0) is 12.0. The highest BCUT2D eigenvalue weighted by Crippen LogP contribution is 2.26. The van der Waals surface area contributed by atoms with Crippen molar-refractivity contribution >= 4 is 0 Å². The lowest BCUT2D eigenvalue weighted by atomic mass is 9.83. The van der Waals surface area contributed by atoms with Crippen LogP contribution in [0.5, 0.6) is 0 Å². The van der Waals surface area contributed by atoms with Gasteiger partial charge in [-0.25, -0.2) is 0 Å². The van der Waals surface area contributed by atoms with Crippen molar-refractivity contribution in [2.45, 2.75) is 71.4 Å². The second-order valence-corrected chi connectivity index (χ2v) is 5.75. The van der Waals surface area contributed by atoms with E-state index in [1.54, 1.807) is 0 Å². The van der Waals surface area contributed by atoms with Crippen molar-refractivity contribution in [3.05, 3.63) is 0 Å². The lowest BCUT2D eigenvalue weighted by Gasteiger charge is -2.32. The average molecular weight is 227 g/mol. The second-order valence-electron chi connectivity index (χ2n) is 5.75. The quantitative estimate of drug-likeness (QED) is 0.731. The second kappa shape index (κ2) is 7.29. The predicted octanol–water partition coefficient (Wildman–Crippen LogP) is 2.95. The van der Waals surface area contributed by atoms with Gasteiger partial charge in [-0.3, -0.25) is 0 Å². The van der Waals surface area contributed by atoms with Crippen molar-refractivity contribution in [1.82, 2.24) is 5.32 Å². The van der Waals surface area contributed by atoms with Crippen LogP contribution in [0.3, 0.4) is 0 Å². The fourth-order valence-corrected chi connectivity index (χ4v) is 2.88. The van der Waals surface area contributed by atoms with Crippen LogP contribution in [0.25, 0.3) is 0 Å². The minimum Gasteiger partial charge on any atom is -0.392 e. The molecule has 16 heavy (non-hydrogen) atoms. The van der Waals surface area contributed by atoms with E-state index in [1.165, 1.54) is 32.1 Å². The maximum Gasteiger partial charge on any atom is 0.0667 e. The fourth-order valence-electron chi connectivity index (χ4n) is 2.88. The molecule has 3 atom stereocenters. The monoisotopic (exact) mass is 227 g/mol.